The first kappa shape index (κ1) is 17.6. The number of rotatable bonds is 5. The zero-order valence-electron chi connectivity index (χ0n) is 9.92. The van der Waals surface area contributed by atoms with E-state index in [0.717, 1.165) is 5.32 Å². The van der Waals surface area contributed by atoms with Gasteiger partial charge in [-0.3, -0.25) is 4.79 Å². The summed E-state index contributed by atoms with van der Waals surface area (Å²) in [6, 6.07) is -2.01. The molecule has 0 rings (SSSR count). The Balaban J connectivity index is 4.77. The highest BCUT2D eigenvalue weighted by molar-refractivity contribution is 5.82. The standard InChI is InChI=1S/C9H12F5NO4/c1-3-19-7(18)8(10,11)5(16)4(2)15-6(17)9(12,13)14/h4-5,16H,3H2,1-2H3,(H,15,17)/t4-,5?/m0/s1. The smallest absolute Gasteiger partial charge is 0.461 e. The third kappa shape index (κ3) is 4.62. The predicted molar refractivity (Wildman–Crippen MR) is 51.2 cm³/mol. The molecule has 19 heavy (non-hydrogen) atoms. The van der Waals surface area contributed by atoms with Crippen molar-refractivity contribution in [2.75, 3.05) is 6.61 Å². The number of halogens is 5. The van der Waals surface area contributed by atoms with E-state index in [0.29, 0.717) is 6.92 Å². The van der Waals surface area contributed by atoms with Gasteiger partial charge in [-0.25, -0.2) is 4.79 Å². The minimum absolute atomic E-state index is 0.398. The normalized spacial score (nSPS) is 15.6. The largest absolute Gasteiger partial charge is 0.471 e. The molecule has 5 nitrogen and oxygen atoms in total. The van der Waals surface area contributed by atoms with Gasteiger partial charge in [0.15, 0.2) is 0 Å². The molecule has 0 spiro atoms. The first-order chi connectivity index (χ1) is 8.44. The molecule has 0 aromatic carbocycles. The van der Waals surface area contributed by atoms with Crippen molar-refractivity contribution in [3.8, 4) is 0 Å². The lowest BCUT2D eigenvalue weighted by Gasteiger charge is -2.26. The summed E-state index contributed by atoms with van der Waals surface area (Å²) in [7, 11) is 0. The van der Waals surface area contributed by atoms with Crippen LogP contribution in [-0.4, -0.2) is 47.8 Å². The van der Waals surface area contributed by atoms with Crippen molar-refractivity contribution in [3.63, 3.8) is 0 Å². The molecule has 10 heteroatoms. The van der Waals surface area contributed by atoms with Gasteiger partial charge in [0.05, 0.1) is 12.6 Å². The van der Waals surface area contributed by atoms with Gasteiger partial charge in [-0.2, -0.15) is 22.0 Å². The van der Waals surface area contributed by atoms with Crippen molar-refractivity contribution >= 4 is 11.9 Å². The van der Waals surface area contributed by atoms with Gasteiger partial charge >= 0.3 is 24.0 Å². The fourth-order valence-corrected chi connectivity index (χ4v) is 1.03. The van der Waals surface area contributed by atoms with Gasteiger partial charge in [0, 0.05) is 0 Å². The molecule has 0 aliphatic heterocycles. The first-order valence-electron chi connectivity index (χ1n) is 5.05. The summed E-state index contributed by atoms with van der Waals surface area (Å²) in [5.74, 6) is -9.02. The molecule has 0 heterocycles. The molecular formula is C9H12F5NO4. The molecule has 0 saturated carbocycles. The fraction of sp³-hybridized carbons (Fsp3) is 0.778. The number of esters is 1. The first-order valence-corrected chi connectivity index (χ1v) is 5.05. The summed E-state index contributed by atoms with van der Waals surface area (Å²) in [4.78, 5) is 21.3. The maximum atomic E-state index is 13.2. The number of aliphatic hydroxyl groups is 1. The van der Waals surface area contributed by atoms with Crippen LogP contribution in [0.15, 0.2) is 0 Å². The Morgan fingerprint density at radius 2 is 1.74 bits per heavy atom. The van der Waals surface area contributed by atoms with Gasteiger partial charge in [-0.15, -0.1) is 0 Å². The van der Waals surface area contributed by atoms with Gasteiger partial charge in [0.2, 0.25) is 0 Å². The molecule has 1 unspecified atom stereocenters. The highest BCUT2D eigenvalue weighted by Crippen LogP contribution is 2.24. The maximum Gasteiger partial charge on any atom is 0.471 e. The molecular weight excluding hydrogens is 281 g/mol. The van der Waals surface area contributed by atoms with Crippen LogP contribution in [0.2, 0.25) is 0 Å². The van der Waals surface area contributed by atoms with Gasteiger partial charge in [-0.1, -0.05) is 0 Å². The van der Waals surface area contributed by atoms with Gasteiger partial charge in [0.25, 0.3) is 0 Å². The SMILES string of the molecule is CCOC(=O)C(F)(F)C(O)[C@H](C)NC(=O)C(F)(F)F. The summed E-state index contributed by atoms with van der Waals surface area (Å²) in [6.45, 7) is 1.53. The van der Waals surface area contributed by atoms with Gasteiger partial charge in [-0.05, 0) is 13.8 Å². The Morgan fingerprint density at radius 3 is 2.11 bits per heavy atom. The number of hydrogen-bond donors (Lipinski definition) is 2. The highest BCUT2D eigenvalue weighted by atomic mass is 19.4. The second-order valence-corrected chi connectivity index (χ2v) is 3.55. The molecule has 0 aliphatic carbocycles. The topological polar surface area (TPSA) is 75.6 Å². The molecule has 1 amide bonds. The number of amides is 1. The molecule has 0 aromatic heterocycles. The van der Waals surface area contributed by atoms with Crippen LogP contribution in [-0.2, 0) is 14.3 Å². The van der Waals surface area contributed by atoms with Crippen LogP contribution in [0.1, 0.15) is 13.8 Å². The lowest BCUT2D eigenvalue weighted by molar-refractivity contribution is -0.193. The maximum absolute atomic E-state index is 13.2. The zero-order chi connectivity index (χ0) is 15.4. The second-order valence-electron chi connectivity index (χ2n) is 3.55. The predicted octanol–water partition coefficient (Wildman–Crippen LogP) is 0.613. The Morgan fingerprint density at radius 1 is 1.26 bits per heavy atom. The van der Waals surface area contributed by atoms with Crippen molar-refractivity contribution in [2.24, 2.45) is 0 Å². The van der Waals surface area contributed by atoms with E-state index in [-0.39, 0.29) is 0 Å². The molecule has 0 radical (unpaired) electrons. The lowest BCUT2D eigenvalue weighted by Crippen LogP contribution is -2.55. The quantitative estimate of drug-likeness (QED) is 0.575. The summed E-state index contributed by atoms with van der Waals surface area (Å²) in [6.07, 6.45) is -8.13. The zero-order valence-corrected chi connectivity index (χ0v) is 9.92. The number of carbonyl (C=O) groups is 2. The second kappa shape index (κ2) is 6.13. The summed E-state index contributed by atoms with van der Waals surface area (Å²) in [5.41, 5.74) is 0. The Labute approximate surface area is 104 Å². The third-order valence-corrected chi connectivity index (χ3v) is 2.01. The average molecular weight is 293 g/mol. The minimum atomic E-state index is -5.28. The Bertz CT molecular complexity index is 344. The molecule has 0 saturated heterocycles. The number of ether oxygens (including phenoxy) is 1. The summed E-state index contributed by atoms with van der Waals surface area (Å²) < 4.78 is 66.1. The number of alkyl halides is 5. The number of carbonyl (C=O) groups excluding carboxylic acids is 2. The van der Waals surface area contributed by atoms with E-state index in [2.05, 4.69) is 4.74 Å². The Kier molecular flexibility index (Phi) is 5.66. The van der Waals surface area contributed by atoms with E-state index in [9.17, 15) is 31.5 Å². The average Bonchev–Trinajstić information content (AvgIpc) is 2.26. The molecule has 0 aliphatic rings. The number of nitrogens with one attached hydrogen (secondary N) is 1. The minimum Gasteiger partial charge on any atom is -0.461 e. The van der Waals surface area contributed by atoms with Crippen LogP contribution in [0.5, 0.6) is 0 Å². The molecule has 112 valence electrons. The van der Waals surface area contributed by atoms with E-state index in [1.807, 2.05) is 0 Å². The number of aliphatic hydroxyl groups excluding tert-OH is 1. The van der Waals surface area contributed by atoms with Crippen LogP contribution in [0.25, 0.3) is 0 Å². The van der Waals surface area contributed by atoms with Crippen LogP contribution in [0.3, 0.4) is 0 Å². The molecule has 0 fully saturated rings. The lowest BCUT2D eigenvalue weighted by atomic mass is 10.1. The molecule has 0 aromatic rings. The summed E-state index contributed by atoms with van der Waals surface area (Å²) >= 11 is 0. The molecule has 2 atom stereocenters. The van der Waals surface area contributed by atoms with Crippen LogP contribution in [0.4, 0.5) is 22.0 Å². The van der Waals surface area contributed by atoms with E-state index in [4.69, 9.17) is 5.11 Å². The van der Waals surface area contributed by atoms with E-state index >= 15 is 0 Å². The van der Waals surface area contributed by atoms with Crippen LogP contribution >= 0.6 is 0 Å². The van der Waals surface area contributed by atoms with Crippen molar-refractivity contribution in [2.45, 2.75) is 38.1 Å². The Hall–Kier alpha value is -1.45. The van der Waals surface area contributed by atoms with Crippen molar-refractivity contribution in [1.29, 1.82) is 0 Å². The van der Waals surface area contributed by atoms with Crippen LogP contribution < -0.4 is 5.32 Å². The van der Waals surface area contributed by atoms with Crippen molar-refractivity contribution in [1.82, 2.24) is 5.32 Å². The summed E-state index contributed by atoms with van der Waals surface area (Å²) in [5, 5.41) is 10.2. The van der Waals surface area contributed by atoms with E-state index in [1.165, 1.54) is 6.92 Å². The van der Waals surface area contributed by atoms with Crippen LogP contribution in [0, 0.1) is 0 Å². The van der Waals surface area contributed by atoms with Crippen molar-refractivity contribution < 1.29 is 41.4 Å². The molecule has 2 N–H and O–H groups in total. The molecule has 0 bridgehead atoms. The monoisotopic (exact) mass is 293 g/mol. The van der Waals surface area contributed by atoms with E-state index in [1.54, 1.807) is 0 Å². The van der Waals surface area contributed by atoms with E-state index < -0.39 is 42.7 Å². The van der Waals surface area contributed by atoms with Gasteiger partial charge in [0.1, 0.15) is 6.10 Å². The highest BCUT2D eigenvalue weighted by Gasteiger charge is 2.52. The fourth-order valence-electron chi connectivity index (χ4n) is 1.03. The third-order valence-electron chi connectivity index (χ3n) is 2.01. The number of hydrogen-bond acceptors (Lipinski definition) is 4. The van der Waals surface area contributed by atoms with Crippen molar-refractivity contribution in [3.05, 3.63) is 0 Å². The van der Waals surface area contributed by atoms with Gasteiger partial charge < -0.3 is 15.2 Å².